The second-order valence-corrected chi connectivity index (χ2v) is 8.28. The third-order valence-electron chi connectivity index (χ3n) is 6.50. The van der Waals surface area contributed by atoms with E-state index < -0.39 is 0 Å². The Morgan fingerprint density at radius 1 is 1.10 bits per heavy atom. The molecule has 156 valence electrons. The average Bonchev–Trinajstić information content (AvgIpc) is 3.28. The highest BCUT2D eigenvalue weighted by molar-refractivity contribution is 5.97. The quantitative estimate of drug-likeness (QED) is 0.445. The Hall–Kier alpha value is -3.60. The number of H-pyrrole nitrogens is 1. The van der Waals surface area contributed by atoms with Gasteiger partial charge < -0.3 is 15.4 Å². The van der Waals surface area contributed by atoms with E-state index in [1.54, 1.807) is 18.5 Å². The summed E-state index contributed by atoms with van der Waals surface area (Å²) in [7, 11) is 0. The molecule has 0 aliphatic heterocycles. The molecule has 5 heteroatoms. The van der Waals surface area contributed by atoms with Crippen molar-refractivity contribution in [3.05, 3.63) is 95.3 Å². The van der Waals surface area contributed by atoms with E-state index in [0.717, 1.165) is 36.7 Å². The molecule has 1 aliphatic carbocycles. The maximum atomic E-state index is 12.8. The first kappa shape index (κ1) is 19.4. The highest BCUT2D eigenvalue weighted by Crippen LogP contribution is 2.46. The number of carbonyl (C=O) groups excluding carboxylic acids is 1. The highest BCUT2D eigenvalue weighted by Gasteiger charge is 2.38. The van der Waals surface area contributed by atoms with Crippen LogP contribution in [0.25, 0.3) is 11.0 Å². The zero-order valence-electron chi connectivity index (χ0n) is 17.3. The van der Waals surface area contributed by atoms with E-state index in [4.69, 9.17) is 0 Å². The molecule has 0 radical (unpaired) electrons. The third-order valence-corrected chi connectivity index (χ3v) is 6.50. The van der Waals surface area contributed by atoms with Crippen molar-refractivity contribution in [1.82, 2.24) is 15.3 Å². The lowest BCUT2D eigenvalue weighted by Crippen LogP contribution is -2.37. The van der Waals surface area contributed by atoms with Gasteiger partial charge in [0.1, 0.15) is 5.75 Å². The zero-order chi connectivity index (χ0) is 21.3. The Labute approximate surface area is 181 Å². The largest absolute Gasteiger partial charge is 0.508 e. The molecule has 0 fully saturated rings. The standard InChI is InChI=1S/C26H25N3O2/c30-21-10-8-18-5-4-12-26(22(18)16-21,20-6-2-1-3-7-20)13-14-27-25(31)19-9-11-23-24(15-19)29-17-28-23/h1-3,6-11,15-17,30H,4-5,12-14H2,(H,27,31)(H,28,29). The molecule has 0 spiro atoms. The Morgan fingerprint density at radius 2 is 1.97 bits per heavy atom. The molecular formula is C26H25N3O2. The van der Waals surface area contributed by atoms with Crippen molar-refractivity contribution in [3.63, 3.8) is 0 Å². The van der Waals surface area contributed by atoms with Gasteiger partial charge in [0, 0.05) is 17.5 Å². The lowest BCUT2D eigenvalue weighted by atomic mass is 9.64. The van der Waals surface area contributed by atoms with Gasteiger partial charge in [0.25, 0.3) is 5.91 Å². The van der Waals surface area contributed by atoms with Gasteiger partial charge in [-0.15, -0.1) is 0 Å². The Morgan fingerprint density at radius 3 is 2.84 bits per heavy atom. The van der Waals surface area contributed by atoms with E-state index in [0.29, 0.717) is 12.1 Å². The number of phenols is 1. The lowest BCUT2D eigenvalue weighted by Gasteiger charge is -2.40. The summed E-state index contributed by atoms with van der Waals surface area (Å²) in [5.41, 5.74) is 5.78. The van der Waals surface area contributed by atoms with Crippen LogP contribution < -0.4 is 5.32 Å². The molecule has 3 aromatic carbocycles. The van der Waals surface area contributed by atoms with Crippen molar-refractivity contribution in [2.24, 2.45) is 0 Å². The molecule has 31 heavy (non-hydrogen) atoms. The minimum Gasteiger partial charge on any atom is -0.508 e. The monoisotopic (exact) mass is 411 g/mol. The zero-order valence-corrected chi connectivity index (χ0v) is 17.3. The van der Waals surface area contributed by atoms with E-state index in [2.05, 4.69) is 39.6 Å². The second-order valence-electron chi connectivity index (χ2n) is 8.28. The van der Waals surface area contributed by atoms with Crippen LogP contribution in [-0.4, -0.2) is 27.5 Å². The minimum absolute atomic E-state index is 0.0911. The molecule has 1 heterocycles. The average molecular weight is 412 g/mol. The summed E-state index contributed by atoms with van der Waals surface area (Å²) in [6.45, 7) is 0.545. The van der Waals surface area contributed by atoms with Crippen LogP contribution in [0.15, 0.2) is 73.1 Å². The van der Waals surface area contributed by atoms with Crippen LogP contribution in [-0.2, 0) is 11.8 Å². The first-order valence-corrected chi connectivity index (χ1v) is 10.7. The molecule has 4 aromatic rings. The normalized spacial score (nSPS) is 17.9. The molecule has 3 N–H and O–H groups in total. The second kappa shape index (κ2) is 7.91. The van der Waals surface area contributed by atoms with Gasteiger partial charge in [-0.25, -0.2) is 4.98 Å². The summed E-state index contributed by atoms with van der Waals surface area (Å²) >= 11 is 0. The summed E-state index contributed by atoms with van der Waals surface area (Å²) in [5, 5.41) is 13.3. The summed E-state index contributed by atoms with van der Waals surface area (Å²) in [6.07, 6.45) is 5.48. The lowest BCUT2D eigenvalue weighted by molar-refractivity contribution is 0.0950. The van der Waals surface area contributed by atoms with Crippen LogP contribution >= 0.6 is 0 Å². The Bertz CT molecular complexity index is 1230. The number of nitrogens with zero attached hydrogens (tertiary/aromatic N) is 1. The SMILES string of the molecule is O=C(NCCC1(c2ccccc2)CCCc2ccc(O)cc21)c1ccc2nc[nH]c2c1. The maximum absolute atomic E-state index is 12.8. The maximum Gasteiger partial charge on any atom is 0.251 e. The first-order valence-electron chi connectivity index (χ1n) is 10.7. The molecule has 0 saturated carbocycles. The number of amides is 1. The van der Waals surface area contributed by atoms with Crippen LogP contribution in [0.4, 0.5) is 0 Å². The smallest absolute Gasteiger partial charge is 0.251 e. The molecule has 5 rings (SSSR count). The van der Waals surface area contributed by atoms with Gasteiger partial charge >= 0.3 is 0 Å². The van der Waals surface area contributed by atoms with Crippen LogP contribution in [0.3, 0.4) is 0 Å². The molecule has 1 aliphatic rings. The number of benzene rings is 3. The number of fused-ring (bicyclic) bond motifs is 2. The van der Waals surface area contributed by atoms with Gasteiger partial charge in [-0.1, -0.05) is 36.4 Å². The number of phenolic OH excluding ortho intramolecular Hbond substituents is 1. The van der Waals surface area contributed by atoms with Gasteiger partial charge in [0.15, 0.2) is 0 Å². The van der Waals surface area contributed by atoms with Crippen LogP contribution in [0.5, 0.6) is 5.75 Å². The Balaban J connectivity index is 1.42. The number of aromatic amines is 1. The van der Waals surface area contributed by atoms with Crippen molar-refractivity contribution in [2.45, 2.75) is 31.1 Å². The van der Waals surface area contributed by atoms with Gasteiger partial charge in [0.2, 0.25) is 0 Å². The molecule has 0 bridgehead atoms. The molecule has 1 atom stereocenters. The van der Waals surface area contributed by atoms with Gasteiger partial charge in [-0.2, -0.15) is 0 Å². The predicted molar refractivity (Wildman–Crippen MR) is 121 cm³/mol. The van der Waals surface area contributed by atoms with Crippen molar-refractivity contribution >= 4 is 16.9 Å². The fraction of sp³-hybridized carbons (Fsp3) is 0.231. The number of aromatic nitrogens is 2. The van der Waals surface area contributed by atoms with E-state index >= 15 is 0 Å². The molecule has 0 saturated heterocycles. The topological polar surface area (TPSA) is 78.0 Å². The number of aryl methyl sites for hydroxylation is 1. The number of hydrogen-bond donors (Lipinski definition) is 3. The number of rotatable bonds is 5. The van der Waals surface area contributed by atoms with Crippen molar-refractivity contribution in [3.8, 4) is 5.75 Å². The van der Waals surface area contributed by atoms with E-state index in [9.17, 15) is 9.90 Å². The molecule has 1 amide bonds. The summed E-state index contributed by atoms with van der Waals surface area (Å²) in [6, 6.07) is 21.7. The van der Waals surface area contributed by atoms with Crippen LogP contribution in [0, 0.1) is 0 Å². The fourth-order valence-corrected chi connectivity index (χ4v) is 4.97. The van der Waals surface area contributed by atoms with Gasteiger partial charge in [-0.05, 0) is 72.7 Å². The third kappa shape index (κ3) is 3.56. The minimum atomic E-state index is -0.228. The van der Waals surface area contributed by atoms with Gasteiger partial charge in [-0.3, -0.25) is 4.79 Å². The number of carbonyl (C=O) groups is 1. The van der Waals surface area contributed by atoms with Gasteiger partial charge in [0.05, 0.1) is 17.4 Å². The van der Waals surface area contributed by atoms with E-state index in [-0.39, 0.29) is 17.1 Å². The number of aromatic hydroxyl groups is 1. The molecular weight excluding hydrogens is 386 g/mol. The van der Waals surface area contributed by atoms with Crippen LogP contribution in [0.1, 0.15) is 46.3 Å². The fourth-order valence-electron chi connectivity index (χ4n) is 4.97. The Kier molecular flexibility index (Phi) is 4.94. The predicted octanol–water partition coefficient (Wildman–Crippen LogP) is 4.71. The molecule has 5 nitrogen and oxygen atoms in total. The summed E-state index contributed by atoms with van der Waals surface area (Å²) < 4.78 is 0. The molecule has 1 aromatic heterocycles. The van der Waals surface area contributed by atoms with E-state index in [1.165, 1.54) is 16.7 Å². The number of nitrogens with one attached hydrogen (secondary N) is 2. The number of hydrogen-bond acceptors (Lipinski definition) is 3. The summed E-state index contributed by atoms with van der Waals surface area (Å²) in [4.78, 5) is 20.1. The number of imidazole rings is 1. The first-order chi connectivity index (χ1) is 15.2. The van der Waals surface area contributed by atoms with Crippen molar-refractivity contribution in [2.75, 3.05) is 6.54 Å². The summed E-state index contributed by atoms with van der Waals surface area (Å²) in [5.74, 6) is 0.199. The van der Waals surface area contributed by atoms with Crippen LogP contribution in [0.2, 0.25) is 0 Å². The van der Waals surface area contributed by atoms with E-state index in [1.807, 2.05) is 30.3 Å². The van der Waals surface area contributed by atoms with Crippen molar-refractivity contribution in [1.29, 1.82) is 0 Å². The van der Waals surface area contributed by atoms with Crippen molar-refractivity contribution < 1.29 is 9.90 Å². The molecule has 1 unspecified atom stereocenters. The highest BCUT2D eigenvalue weighted by atomic mass is 16.3.